The van der Waals surface area contributed by atoms with E-state index in [9.17, 15) is 0 Å². The smallest absolute Gasteiger partial charge is 0.00206 e. The van der Waals surface area contributed by atoms with E-state index >= 15 is 0 Å². The molecule has 0 saturated carbocycles. The van der Waals surface area contributed by atoms with Crippen molar-refractivity contribution < 1.29 is 0 Å². The van der Waals surface area contributed by atoms with Crippen LogP contribution in [0.2, 0.25) is 0 Å². The third-order valence-corrected chi connectivity index (χ3v) is 9.54. The molecule has 0 N–H and O–H groups in total. The van der Waals surface area contributed by atoms with Gasteiger partial charge in [-0.15, -0.1) is 0 Å². The van der Waals surface area contributed by atoms with Crippen LogP contribution in [0.5, 0.6) is 0 Å². The minimum atomic E-state index is 1.26. The van der Waals surface area contributed by atoms with Crippen LogP contribution in [0.15, 0.2) is 146 Å². The maximum atomic E-state index is 2.41. The number of hydrogen-bond donors (Lipinski definition) is 0. The summed E-state index contributed by atoms with van der Waals surface area (Å²) in [6, 6.07) is 54.4. The molecule has 10 aromatic carbocycles. The van der Waals surface area contributed by atoms with Gasteiger partial charge >= 0.3 is 0 Å². The fraction of sp³-hybridized carbons (Fsp3) is 0. The van der Waals surface area contributed by atoms with Gasteiger partial charge in [0.1, 0.15) is 0 Å². The Kier molecular flexibility index (Phi) is 4.27. The van der Waals surface area contributed by atoms with Crippen molar-refractivity contribution in [3.63, 3.8) is 0 Å². The van der Waals surface area contributed by atoms with E-state index < -0.39 is 0 Å². The Morgan fingerprint density at radius 1 is 0.238 bits per heavy atom. The summed E-state index contributed by atoms with van der Waals surface area (Å²) >= 11 is 0. The molecule has 10 rings (SSSR count). The molecule has 0 bridgehead atoms. The highest BCUT2D eigenvalue weighted by molar-refractivity contribution is 6.27. The molecule has 42 heavy (non-hydrogen) atoms. The molecule has 0 aliphatic carbocycles. The number of rotatable bonds is 2. The van der Waals surface area contributed by atoms with Gasteiger partial charge in [-0.1, -0.05) is 140 Å². The summed E-state index contributed by atoms with van der Waals surface area (Å²) in [5.41, 5.74) is 5.11. The zero-order valence-electron chi connectivity index (χ0n) is 22.9. The maximum Gasteiger partial charge on any atom is -0.00206 e. The molecule has 0 radical (unpaired) electrons. The molecule has 0 unspecified atom stereocenters. The molecular formula is C42H24. The van der Waals surface area contributed by atoms with Crippen molar-refractivity contribution >= 4 is 75.4 Å². The van der Waals surface area contributed by atoms with Gasteiger partial charge in [-0.05, 0) is 104 Å². The van der Waals surface area contributed by atoms with E-state index in [4.69, 9.17) is 0 Å². The number of hydrogen-bond acceptors (Lipinski definition) is 0. The molecule has 0 heteroatoms. The van der Waals surface area contributed by atoms with Crippen LogP contribution in [0.25, 0.3) is 97.7 Å². The van der Waals surface area contributed by atoms with Gasteiger partial charge in [0.2, 0.25) is 0 Å². The van der Waals surface area contributed by atoms with Crippen LogP contribution in [0, 0.1) is 0 Å². The second-order valence-electron chi connectivity index (χ2n) is 11.7. The summed E-state index contributed by atoms with van der Waals surface area (Å²) in [5, 5.41) is 18.5. The van der Waals surface area contributed by atoms with E-state index in [1.165, 1.54) is 97.7 Å². The zero-order valence-corrected chi connectivity index (χ0v) is 22.9. The van der Waals surface area contributed by atoms with E-state index in [-0.39, 0.29) is 0 Å². The molecule has 10 aromatic rings. The first-order valence-electron chi connectivity index (χ1n) is 14.7. The van der Waals surface area contributed by atoms with Gasteiger partial charge in [-0.3, -0.25) is 0 Å². The van der Waals surface area contributed by atoms with Crippen molar-refractivity contribution in [2.75, 3.05) is 0 Å². The van der Waals surface area contributed by atoms with Gasteiger partial charge in [0.25, 0.3) is 0 Å². The van der Waals surface area contributed by atoms with Crippen LogP contribution in [-0.4, -0.2) is 0 Å². The summed E-state index contributed by atoms with van der Waals surface area (Å²) in [4.78, 5) is 0. The SMILES string of the molecule is c1cc(-c2ccc3ccc4cccc5ccc2c3c45)c2cc(-c3ccc4ccc5cccc6ccc3c4c56)ccc2c1. The van der Waals surface area contributed by atoms with Gasteiger partial charge in [0, 0.05) is 0 Å². The molecular weight excluding hydrogens is 504 g/mol. The van der Waals surface area contributed by atoms with Crippen LogP contribution >= 0.6 is 0 Å². The Balaban J connectivity index is 1.25. The van der Waals surface area contributed by atoms with Gasteiger partial charge in [-0.25, -0.2) is 0 Å². The predicted octanol–water partition coefficient (Wildman–Crippen LogP) is 12.0. The topological polar surface area (TPSA) is 0 Å². The van der Waals surface area contributed by atoms with Crippen molar-refractivity contribution in [3.8, 4) is 22.3 Å². The Hall–Kier alpha value is -5.46. The van der Waals surface area contributed by atoms with Crippen LogP contribution in [-0.2, 0) is 0 Å². The molecule has 0 saturated heterocycles. The summed E-state index contributed by atoms with van der Waals surface area (Å²) in [6.07, 6.45) is 0. The Morgan fingerprint density at radius 3 is 1.26 bits per heavy atom. The summed E-state index contributed by atoms with van der Waals surface area (Å²) in [5.74, 6) is 0. The lowest BCUT2D eigenvalue weighted by Crippen LogP contribution is -1.89. The normalized spacial score (nSPS) is 12.3. The van der Waals surface area contributed by atoms with Crippen LogP contribution < -0.4 is 0 Å². The third-order valence-electron chi connectivity index (χ3n) is 9.54. The van der Waals surface area contributed by atoms with Crippen molar-refractivity contribution in [2.45, 2.75) is 0 Å². The number of fused-ring (bicyclic) bond motifs is 1. The molecule has 0 fully saturated rings. The number of benzene rings is 10. The Bertz CT molecular complexity index is 2640. The summed E-state index contributed by atoms with van der Waals surface area (Å²) in [6.45, 7) is 0. The standard InChI is InChI=1S/C42H24/c1-5-26-11-13-30-16-20-33(36-22-18-28(7-1)39(26)41(30)36)32-15-10-25-4-3-9-34(38(25)24-32)35-21-17-31-14-12-27-6-2-8-29-19-23-37(35)42(31)40(27)29/h1-24H. The second-order valence-corrected chi connectivity index (χ2v) is 11.7. The quantitative estimate of drug-likeness (QED) is 0.196. The molecule has 0 heterocycles. The molecule has 0 atom stereocenters. The predicted molar refractivity (Wildman–Crippen MR) is 182 cm³/mol. The fourth-order valence-electron chi connectivity index (χ4n) is 7.63. The first kappa shape index (κ1) is 22.3. The molecule has 0 amide bonds. The van der Waals surface area contributed by atoms with E-state index in [1.54, 1.807) is 0 Å². The molecule has 0 aromatic heterocycles. The third kappa shape index (κ3) is 2.91. The monoisotopic (exact) mass is 528 g/mol. The van der Waals surface area contributed by atoms with Crippen LogP contribution in [0.3, 0.4) is 0 Å². The van der Waals surface area contributed by atoms with Gasteiger partial charge in [0.05, 0.1) is 0 Å². The molecule has 0 aliphatic rings. The molecule has 0 nitrogen and oxygen atoms in total. The first-order chi connectivity index (χ1) is 20.8. The maximum absolute atomic E-state index is 2.41. The molecule has 0 aliphatic heterocycles. The van der Waals surface area contributed by atoms with Gasteiger partial charge in [-0.2, -0.15) is 0 Å². The fourth-order valence-corrected chi connectivity index (χ4v) is 7.63. The van der Waals surface area contributed by atoms with E-state index in [0.717, 1.165) is 0 Å². The van der Waals surface area contributed by atoms with Crippen molar-refractivity contribution in [1.29, 1.82) is 0 Å². The van der Waals surface area contributed by atoms with Crippen molar-refractivity contribution in [2.24, 2.45) is 0 Å². The lowest BCUT2D eigenvalue weighted by Gasteiger charge is -2.17. The lowest BCUT2D eigenvalue weighted by atomic mass is 9.87. The average molecular weight is 529 g/mol. The van der Waals surface area contributed by atoms with Gasteiger partial charge in [0.15, 0.2) is 0 Å². The highest BCUT2D eigenvalue weighted by Gasteiger charge is 2.16. The second kappa shape index (κ2) is 8.06. The Morgan fingerprint density at radius 2 is 0.643 bits per heavy atom. The van der Waals surface area contributed by atoms with E-state index in [2.05, 4.69) is 146 Å². The van der Waals surface area contributed by atoms with E-state index in [0.29, 0.717) is 0 Å². The highest BCUT2D eigenvalue weighted by atomic mass is 14.2. The highest BCUT2D eigenvalue weighted by Crippen LogP contribution is 2.43. The van der Waals surface area contributed by atoms with E-state index in [1.807, 2.05) is 0 Å². The molecule has 0 spiro atoms. The summed E-state index contributed by atoms with van der Waals surface area (Å²) < 4.78 is 0. The lowest BCUT2D eigenvalue weighted by molar-refractivity contribution is 1.68. The largest absolute Gasteiger partial charge is 0.0610 e. The minimum absolute atomic E-state index is 1.26. The van der Waals surface area contributed by atoms with Crippen molar-refractivity contribution in [3.05, 3.63) is 146 Å². The minimum Gasteiger partial charge on any atom is -0.0610 e. The van der Waals surface area contributed by atoms with Gasteiger partial charge < -0.3 is 0 Å². The van der Waals surface area contributed by atoms with Crippen LogP contribution in [0.4, 0.5) is 0 Å². The van der Waals surface area contributed by atoms with Crippen molar-refractivity contribution in [1.82, 2.24) is 0 Å². The zero-order chi connectivity index (χ0) is 27.4. The average Bonchev–Trinajstić information content (AvgIpc) is 3.05. The first-order valence-corrected chi connectivity index (χ1v) is 14.7. The summed E-state index contributed by atoms with van der Waals surface area (Å²) in [7, 11) is 0. The molecule has 192 valence electrons. The van der Waals surface area contributed by atoms with Crippen LogP contribution in [0.1, 0.15) is 0 Å². The Labute approximate surface area is 242 Å².